The second-order valence-electron chi connectivity index (χ2n) is 8.77. The van der Waals surface area contributed by atoms with Crippen LogP contribution in [0.4, 0.5) is 0 Å². The summed E-state index contributed by atoms with van der Waals surface area (Å²) in [6, 6.07) is 0. The molecular formula is C22H41NO4. The highest BCUT2D eigenvalue weighted by atomic mass is 16.4. The first-order valence-electron chi connectivity index (χ1n) is 10.5. The minimum Gasteiger partial charge on any atom is -0.550 e. The summed E-state index contributed by atoms with van der Waals surface area (Å²) in [7, 11) is 5.42. The average molecular weight is 384 g/mol. The van der Waals surface area contributed by atoms with Gasteiger partial charge in [0.1, 0.15) is 6.54 Å². The van der Waals surface area contributed by atoms with Crippen LogP contribution in [0.5, 0.6) is 0 Å². The first-order chi connectivity index (χ1) is 12.6. The zero-order chi connectivity index (χ0) is 20.8. The van der Waals surface area contributed by atoms with Gasteiger partial charge in [-0.15, -0.1) is 0 Å². The Hall–Kier alpha value is -1.20. The Morgan fingerprint density at radius 1 is 0.926 bits per heavy atom. The number of aliphatic hydroxyl groups is 1. The number of unbranched alkanes of at least 4 members (excludes halogenated alkanes) is 10. The van der Waals surface area contributed by atoms with Crippen molar-refractivity contribution in [2.45, 2.75) is 89.6 Å². The van der Waals surface area contributed by atoms with Gasteiger partial charge in [-0.25, -0.2) is 0 Å². The van der Waals surface area contributed by atoms with Crippen molar-refractivity contribution in [1.82, 2.24) is 0 Å². The summed E-state index contributed by atoms with van der Waals surface area (Å²) in [6.45, 7) is 2.26. The fourth-order valence-corrected chi connectivity index (χ4v) is 3.34. The highest BCUT2D eigenvalue weighted by molar-refractivity contribution is 5.99. The summed E-state index contributed by atoms with van der Waals surface area (Å²) >= 11 is 0. The number of allylic oxidation sites excluding steroid dienone is 1. The number of rotatable bonds is 17. The normalized spacial score (nSPS) is 14.4. The van der Waals surface area contributed by atoms with Crippen LogP contribution < -0.4 is 5.11 Å². The molecule has 0 spiro atoms. The molecule has 0 aromatic rings. The van der Waals surface area contributed by atoms with E-state index in [0.717, 1.165) is 19.3 Å². The molecule has 0 aromatic heterocycles. The van der Waals surface area contributed by atoms with Crippen LogP contribution in [-0.2, 0) is 9.59 Å². The fourth-order valence-electron chi connectivity index (χ4n) is 3.34. The molecule has 0 amide bonds. The van der Waals surface area contributed by atoms with Crippen molar-refractivity contribution < 1.29 is 24.3 Å². The second kappa shape index (κ2) is 13.9. The second-order valence-corrected chi connectivity index (χ2v) is 8.77. The summed E-state index contributed by atoms with van der Waals surface area (Å²) in [5.41, 5.74) is -1.91. The van der Waals surface area contributed by atoms with Crippen LogP contribution in [-0.4, -0.2) is 54.6 Å². The van der Waals surface area contributed by atoms with Gasteiger partial charge >= 0.3 is 0 Å². The maximum Gasteiger partial charge on any atom is 0.193 e. The Morgan fingerprint density at radius 2 is 1.41 bits per heavy atom. The number of carboxylic acid groups (broad SMARTS) is 1. The van der Waals surface area contributed by atoms with Crippen LogP contribution in [0.1, 0.15) is 84.0 Å². The van der Waals surface area contributed by atoms with E-state index in [-0.39, 0.29) is 6.54 Å². The summed E-state index contributed by atoms with van der Waals surface area (Å²) in [5, 5.41) is 21.5. The quantitative estimate of drug-likeness (QED) is 0.238. The third-order valence-corrected chi connectivity index (χ3v) is 4.62. The number of quaternary nitrogens is 1. The molecule has 1 atom stereocenters. The Kier molecular flexibility index (Phi) is 13.3. The number of hydrogen-bond acceptors (Lipinski definition) is 4. The van der Waals surface area contributed by atoms with Crippen LogP contribution >= 0.6 is 0 Å². The van der Waals surface area contributed by atoms with Crippen molar-refractivity contribution >= 4 is 11.8 Å². The number of carbonyl (C=O) groups excluding carboxylic acids is 2. The molecule has 0 radical (unpaired) electrons. The molecule has 0 saturated carbocycles. The van der Waals surface area contributed by atoms with E-state index in [4.69, 9.17) is 0 Å². The van der Waals surface area contributed by atoms with Crippen LogP contribution in [0.2, 0.25) is 0 Å². The number of carbonyl (C=O) groups is 2. The topological polar surface area (TPSA) is 77.4 Å². The van der Waals surface area contributed by atoms with Crippen molar-refractivity contribution in [2.24, 2.45) is 0 Å². The van der Waals surface area contributed by atoms with Crippen LogP contribution in [0.15, 0.2) is 12.2 Å². The molecule has 0 heterocycles. The van der Waals surface area contributed by atoms with E-state index in [9.17, 15) is 19.8 Å². The molecule has 5 nitrogen and oxygen atoms in total. The highest BCUT2D eigenvalue weighted by Crippen LogP contribution is 2.17. The molecule has 158 valence electrons. The largest absolute Gasteiger partial charge is 0.550 e. The van der Waals surface area contributed by atoms with Crippen LogP contribution in [0.3, 0.4) is 0 Å². The summed E-state index contributed by atoms with van der Waals surface area (Å²) in [6.07, 6.45) is 15.8. The molecule has 0 saturated heterocycles. The SMILES string of the molecule is CCCCCCCCCCCCC=CC(=O)C(O)(CC(=O)[O-])C[N+](C)(C)C. The number of aliphatic carboxylic acids is 1. The molecule has 0 aromatic carbocycles. The van der Waals surface area contributed by atoms with Crippen molar-refractivity contribution in [2.75, 3.05) is 27.7 Å². The summed E-state index contributed by atoms with van der Waals surface area (Å²) in [5.74, 6) is -1.96. The average Bonchev–Trinajstić information content (AvgIpc) is 2.53. The van der Waals surface area contributed by atoms with Crippen molar-refractivity contribution in [3.05, 3.63) is 12.2 Å². The van der Waals surface area contributed by atoms with Crippen LogP contribution in [0.25, 0.3) is 0 Å². The number of likely N-dealkylation sites (N-methyl/N-ethyl adjacent to an activating group) is 1. The van der Waals surface area contributed by atoms with E-state index in [1.54, 1.807) is 27.2 Å². The molecule has 0 aliphatic heterocycles. The lowest BCUT2D eigenvalue weighted by atomic mass is 9.92. The van der Waals surface area contributed by atoms with E-state index in [0.29, 0.717) is 4.48 Å². The van der Waals surface area contributed by atoms with Gasteiger partial charge in [-0.05, 0) is 18.9 Å². The van der Waals surface area contributed by atoms with Gasteiger partial charge in [0.25, 0.3) is 0 Å². The molecule has 27 heavy (non-hydrogen) atoms. The van der Waals surface area contributed by atoms with E-state index in [2.05, 4.69) is 6.92 Å². The maximum atomic E-state index is 12.3. The minimum atomic E-state index is -1.91. The number of carboxylic acids is 1. The van der Waals surface area contributed by atoms with E-state index in [1.165, 1.54) is 57.4 Å². The Balaban J connectivity index is 4.07. The number of hydrogen-bond donors (Lipinski definition) is 1. The Labute approximate surface area is 166 Å². The highest BCUT2D eigenvalue weighted by Gasteiger charge is 2.39. The van der Waals surface area contributed by atoms with E-state index in [1.807, 2.05) is 0 Å². The first-order valence-corrected chi connectivity index (χ1v) is 10.5. The van der Waals surface area contributed by atoms with Gasteiger partial charge in [0, 0.05) is 12.4 Å². The van der Waals surface area contributed by atoms with E-state index >= 15 is 0 Å². The van der Waals surface area contributed by atoms with Gasteiger partial charge in [0.05, 0.1) is 21.1 Å². The summed E-state index contributed by atoms with van der Waals surface area (Å²) < 4.78 is 0.293. The molecule has 5 heteroatoms. The summed E-state index contributed by atoms with van der Waals surface area (Å²) in [4.78, 5) is 23.2. The molecule has 1 unspecified atom stereocenters. The zero-order valence-corrected chi connectivity index (χ0v) is 18.0. The van der Waals surface area contributed by atoms with Crippen molar-refractivity contribution in [1.29, 1.82) is 0 Å². The van der Waals surface area contributed by atoms with Crippen LogP contribution in [0, 0.1) is 0 Å². The van der Waals surface area contributed by atoms with Gasteiger partial charge in [-0.2, -0.15) is 0 Å². The van der Waals surface area contributed by atoms with Crippen molar-refractivity contribution in [3.63, 3.8) is 0 Å². The lowest BCUT2D eigenvalue weighted by molar-refractivity contribution is -0.875. The lowest BCUT2D eigenvalue weighted by Crippen LogP contribution is -2.55. The Bertz CT molecular complexity index is 454. The molecule has 0 fully saturated rings. The first kappa shape index (κ1) is 25.8. The molecule has 0 aliphatic rings. The molecule has 0 bridgehead atoms. The molecule has 0 aliphatic carbocycles. The number of nitrogens with zero attached hydrogens (tertiary/aromatic N) is 1. The van der Waals surface area contributed by atoms with Gasteiger partial charge in [-0.3, -0.25) is 4.79 Å². The minimum absolute atomic E-state index is 0.0302. The zero-order valence-electron chi connectivity index (χ0n) is 18.0. The van der Waals surface area contributed by atoms with Gasteiger partial charge in [0.2, 0.25) is 0 Å². The monoisotopic (exact) mass is 383 g/mol. The maximum absolute atomic E-state index is 12.3. The van der Waals surface area contributed by atoms with E-state index < -0.39 is 23.8 Å². The smallest absolute Gasteiger partial charge is 0.193 e. The lowest BCUT2D eigenvalue weighted by Gasteiger charge is -2.34. The predicted octanol–water partition coefficient (Wildman–Crippen LogP) is 3.00. The standard InChI is InChI=1S/C22H41NO4/c1-5-6-7-8-9-10-11-12-13-14-15-16-17-20(24)22(27,18-21(25)26)19-23(2,3)4/h16-17,27H,5-15,18-19H2,1-4H3. The Morgan fingerprint density at radius 3 is 1.85 bits per heavy atom. The third kappa shape index (κ3) is 14.5. The van der Waals surface area contributed by atoms with Gasteiger partial charge in [0.15, 0.2) is 11.4 Å². The van der Waals surface area contributed by atoms with Gasteiger partial charge < -0.3 is 19.5 Å². The van der Waals surface area contributed by atoms with Crippen molar-refractivity contribution in [3.8, 4) is 0 Å². The number of ketones is 1. The fraction of sp³-hybridized carbons (Fsp3) is 0.818. The predicted molar refractivity (Wildman–Crippen MR) is 108 cm³/mol. The van der Waals surface area contributed by atoms with Gasteiger partial charge in [-0.1, -0.05) is 70.8 Å². The third-order valence-electron chi connectivity index (χ3n) is 4.62. The molecular weight excluding hydrogens is 342 g/mol. The molecule has 0 rings (SSSR count). The molecule has 1 N–H and O–H groups in total.